The third-order valence-corrected chi connectivity index (χ3v) is 6.68. The minimum Gasteiger partial charge on any atom is -0.375 e. The molecule has 3 aliphatic rings. The number of hydrogen-bond donors (Lipinski definition) is 0. The molecule has 2 heterocycles. The van der Waals surface area contributed by atoms with E-state index in [9.17, 15) is 4.79 Å². The molecule has 1 aromatic rings. The number of benzene rings is 1. The maximum atomic E-state index is 11.5. The van der Waals surface area contributed by atoms with Gasteiger partial charge in [-0.1, -0.05) is 19.3 Å². The van der Waals surface area contributed by atoms with E-state index in [1.165, 1.54) is 43.5 Å². The van der Waals surface area contributed by atoms with Crippen LogP contribution in [-0.2, 0) is 9.53 Å². The number of amides is 1. The number of hydrogen-bond acceptors (Lipinski definition) is 4. The summed E-state index contributed by atoms with van der Waals surface area (Å²) < 4.78 is 6.38. The van der Waals surface area contributed by atoms with Gasteiger partial charge in [0.25, 0.3) is 0 Å². The zero-order valence-corrected chi connectivity index (χ0v) is 17.3. The third-order valence-electron chi connectivity index (χ3n) is 6.68. The predicted molar refractivity (Wildman–Crippen MR) is 114 cm³/mol. The molecule has 0 radical (unpaired) electrons. The lowest BCUT2D eigenvalue weighted by atomic mass is 9.97. The van der Waals surface area contributed by atoms with E-state index < -0.39 is 0 Å². The lowest BCUT2D eigenvalue weighted by Crippen LogP contribution is -2.48. The van der Waals surface area contributed by atoms with E-state index >= 15 is 0 Å². The van der Waals surface area contributed by atoms with E-state index in [0.717, 1.165) is 52.1 Å². The number of carbonyl (C=O) groups is 1. The second-order valence-corrected chi connectivity index (χ2v) is 8.59. The molecule has 0 unspecified atom stereocenters. The molecule has 1 amide bonds. The Morgan fingerprint density at radius 3 is 1.79 bits per heavy atom. The molecule has 3 fully saturated rings. The summed E-state index contributed by atoms with van der Waals surface area (Å²) in [7, 11) is 0. The first kappa shape index (κ1) is 19.6. The van der Waals surface area contributed by atoms with Gasteiger partial charge < -0.3 is 19.4 Å². The molecule has 0 bridgehead atoms. The van der Waals surface area contributed by atoms with Crippen LogP contribution in [0.3, 0.4) is 0 Å². The summed E-state index contributed by atoms with van der Waals surface area (Å²) in [6.45, 7) is 7.33. The molecule has 2 saturated heterocycles. The molecule has 0 atom stereocenters. The van der Waals surface area contributed by atoms with Crippen molar-refractivity contribution >= 4 is 17.3 Å². The van der Waals surface area contributed by atoms with Gasteiger partial charge in [-0.05, 0) is 49.9 Å². The van der Waals surface area contributed by atoms with Crippen LogP contribution in [0.15, 0.2) is 24.3 Å². The van der Waals surface area contributed by atoms with Crippen LogP contribution in [0.4, 0.5) is 11.4 Å². The van der Waals surface area contributed by atoms with Crippen LogP contribution < -0.4 is 9.80 Å². The number of piperidine rings is 1. The van der Waals surface area contributed by atoms with Crippen LogP contribution in [0, 0.1) is 0 Å². The number of rotatable bonds is 4. The number of nitrogens with zero attached hydrogens (tertiary/aromatic N) is 3. The Hall–Kier alpha value is -1.75. The van der Waals surface area contributed by atoms with Crippen molar-refractivity contribution in [1.29, 1.82) is 0 Å². The van der Waals surface area contributed by atoms with Crippen molar-refractivity contribution in [2.45, 2.75) is 64.1 Å². The second kappa shape index (κ2) is 9.17. The fourth-order valence-electron chi connectivity index (χ4n) is 4.88. The van der Waals surface area contributed by atoms with Gasteiger partial charge in [-0.25, -0.2) is 0 Å². The van der Waals surface area contributed by atoms with Gasteiger partial charge in [-0.3, -0.25) is 4.79 Å². The monoisotopic (exact) mass is 385 g/mol. The maximum Gasteiger partial charge on any atom is 0.219 e. The molecule has 5 nitrogen and oxygen atoms in total. The molecule has 28 heavy (non-hydrogen) atoms. The third kappa shape index (κ3) is 4.80. The van der Waals surface area contributed by atoms with Crippen molar-refractivity contribution in [3.05, 3.63) is 24.3 Å². The van der Waals surface area contributed by atoms with Gasteiger partial charge in [0, 0.05) is 57.6 Å². The predicted octanol–water partition coefficient (Wildman–Crippen LogP) is 3.67. The molecular weight excluding hydrogens is 350 g/mol. The first-order valence-electron chi connectivity index (χ1n) is 11.2. The zero-order chi connectivity index (χ0) is 19.3. The highest BCUT2D eigenvalue weighted by atomic mass is 16.5. The van der Waals surface area contributed by atoms with Gasteiger partial charge in [-0.15, -0.1) is 0 Å². The van der Waals surface area contributed by atoms with E-state index in [-0.39, 0.29) is 5.91 Å². The topological polar surface area (TPSA) is 36.0 Å². The fourth-order valence-corrected chi connectivity index (χ4v) is 4.88. The van der Waals surface area contributed by atoms with Crippen LogP contribution in [0.5, 0.6) is 0 Å². The van der Waals surface area contributed by atoms with Crippen molar-refractivity contribution in [2.24, 2.45) is 0 Å². The minimum absolute atomic E-state index is 0.186. The van der Waals surface area contributed by atoms with Gasteiger partial charge in [0.15, 0.2) is 0 Å². The van der Waals surface area contributed by atoms with Gasteiger partial charge in [0.05, 0.1) is 12.2 Å². The van der Waals surface area contributed by atoms with Crippen molar-refractivity contribution in [2.75, 3.05) is 49.1 Å². The summed E-state index contributed by atoms with van der Waals surface area (Å²) in [5.41, 5.74) is 2.59. The summed E-state index contributed by atoms with van der Waals surface area (Å²) in [6.07, 6.45) is 9.88. The normalized spacial score (nSPS) is 22.5. The SMILES string of the molecule is CC(=O)N1CCN(c2ccc(N3CCC(OC4CCCCC4)CC3)cc2)CC1. The van der Waals surface area contributed by atoms with Gasteiger partial charge in [0.2, 0.25) is 5.91 Å². The van der Waals surface area contributed by atoms with Gasteiger partial charge in [-0.2, -0.15) is 0 Å². The summed E-state index contributed by atoms with van der Waals surface area (Å²) in [4.78, 5) is 18.3. The average Bonchev–Trinajstić information content (AvgIpc) is 2.75. The van der Waals surface area contributed by atoms with E-state index in [0.29, 0.717) is 12.2 Å². The fraction of sp³-hybridized carbons (Fsp3) is 0.696. The highest BCUT2D eigenvalue weighted by Crippen LogP contribution is 2.28. The minimum atomic E-state index is 0.186. The first-order valence-corrected chi connectivity index (χ1v) is 11.2. The van der Waals surface area contributed by atoms with Crippen molar-refractivity contribution in [3.63, 3.8) is 0 Å². The highest BCUT2D eigenvalue weighted by molar-refractivity contribution is 5.73. The highest BCUT2D eigenvalue weighted by Gasteiger charge is 2.24. The molecule has 1 saturated carbocycles. The van der Waals surface area contributed by atoms with Crippen molar-refractivity contribution in [1.82, 2.24) is 4.90 Å². The average molecular weight is 386 g/mol. The first-order chi connectivity index (χ1) is 13.7. The van der Waals surface area contributed by atoms with Crippen LogP contribution in [0.2, 0.25) is 0 Å². The Morgan fingerprint density at radius 2 is 1.25 bits per heavy atom. The molecule has 1 aliphatic carbocycles. The molecule has 5 heteroatoms. The number of carbonyl (C=O) groups excluding carboxylic acids is 1. The maximum absolute atomic E-state index is 11.5. The lowest BCUT2D eigenvalue weighted by molar-refractivity contribution is -0.129. The van der Waals surface area contributed by atoms with E-state index in [4.69, 9.17) is 4.74 Å². The Morgan fingerprint density at radius 1 is 0.750 bits per heavy atom. The quantitative estimate of drug-likeness (QED) is 0.792. The molecule has 154 valence electrons. The molecule has 0 spiro atoms. The van der Waals surface area contributed by atoms with Crippen LogP contribution >= 0.6 is 0 Å². The van der Waals surface area contributed by atoms with Crippen molar-refractivity contribution in [3.8, 4) is 0 Å². The molecule has 4 rings (SSSR count). The standard InChI is InChI=1S/C23H35N3O2/c1-19(27)24-15-17-26(18-16-24)21-9-7-20(8-10-21)25-13-11-23(12-14-25)28-22-5-3-2-4-6-22/h7-10,22-23H,2-6,11-18H2,1H3. The van der Waals surface area contributed by atoms with Gasteiger partial charge >= 0.3 is 0 Å². The summed E-state index contributed by atoms with van der Waals surface area (Å²) in [5, 5.41) is 0. The van der Waals surface area contributed by atoms with Gasteiger partial charge in [0.1, 0.15) is 0 Å². The van der Waals surface area contributed by atoms with E-state index in [2.05, 4.69) is 34.1 Å². The summed E-state index contributed by atoms with van der Waals surface area (Å²) in [6, 6.07) is 9.00. The Labute approximate surface area is 169 Å². The molecule has 1 aromatic carbocycles. The second-order valence-electron chi connectivity index (χ2n) is 8.59. The molecule has 2 aliphatic heterocycles. The van der Waals surface area contributed by atoms with E-state index in [1.54, 1.807) is 6.92 Å². The lowest BCUT2D eigenvalue weighted by Gasteiger charge is -2.37. The Kier molecular flexibility index (Phi) is 6.40. The molecule has 0 N–H and O–H groups in total. The number of ether oxygens (including phenoxy) is 1. The van der Waals surface area contributed by atoms with Crippen LogP contribution in [0.1, 0.15) is 51.9 Å². The van der Waals surface area contributed by atoms with Crippen LogP contribution in [-0.4, -0.2) is 62.3 Å². The molecular formula is C23H35N3O2. The zero-order valence-electron chi connectivity index (χ0n) is 17.3. The van der Waals surface area contributed by atoms with E-state index in [1.807, 2.05) is 4.90 Å². The van der Waals surface area contributed by atoms with Crippen molar-refractivity contribution < 1.29 is 9.53 Å². The summed E-state index contributed by atoms with van der Waals surface area (Å²) >= 11 is 0. The Balaban J connectivity index is 1.25. The number of anilines is 2. The van der Waals surface area contributed by atoms with Crippen LogP contribution in [0.25, 0.3) is 0 Å². The number of piperazine rings is 1. The molecule has 0 aromatic heterocycles. The largest absolute Gasteiger partial charge is 0.375 e. The smallest absolute Gasteiger partial charge is 0.219 e. The Bertz CT molecular complexity index is 626. The summed E-state index contributed by atoms with van der Waals surface area (Å²) in [5.74, 6) is 0.186.